The number of rotatable bonds is 0. The molecule has 1 aromatic heterocycles. The van der Waals surface area contributed by atoms with Gasteiger partial charge in [0.25, 0.3) is 0 Å². The van der Waals surface area contributed by atoms with Crippen LogP contribution in [-0.2, 0) is 28.9 Å². The minimum atomic E-state index is -0.0182. The fourth-order valence-corrected chi connectivity index (χ4v) is 2.46. The maximum atomic E-state index is 11.7. The second-order valence-electron chi connectivity index (χ2n) is 4.30. The van der Waals surface area contributed by atoms with Crippen LogP contribution in [0.15, 0.2) is 6.20 Å². The highest BCUT2D eigenvalue weighted by molar-refractivity contribution is 5.73. The molecular formula is C11H14N2O2. The number of carbonyl (C=O) groups excluding carboxylic acids is 1. The number of aromatic nitrogens is 2. The third kappa shape index (κ3) is 1.44. The number of cyclic esters (lactones) is 1. The Kier molecular flexibility index (Phi) is 2.01. The molecule has 0 saturated heterocycles. The number of hydrogen-bond donors (Lipinski definition) is 0. The molecule has 2 heterocycles. The molecular weight excluding hydrogens is 192 g/mol. The first-order valence-corrected chi connectivity index (χ1v) is 5.55. The standard InChI is InChI=1S/C11H14N2O2/c14-11-8-2-3-9-7-12-13(10(9)6-8)4-1-5-15-11/h7-8H,1-6H2. The molecule has 1 atom stereocenters. The molecule has 1 unspecified atom stereocenters. The largest absolute Gasteiger partial charge is 0.465 e. The average Bonchev–Trinajstić information content (AvgIpc) is 2.66. The smallest absolute Gasteiger partial charge is 0.309 e. The minimum absolute atomic E-state index is 0.0182. The van der Waals surface area contributed by atoms with Gasteiger partial charge < -0.3 is 4.74 Å². The lowest BCUT2D eigenvalue weighted by Crippen LogP contribution is -2.24. The van der Waals surface area contributed by atoms with Crippen molar-refractivity contribution in [2.75, 3.05) is 6.61 Å². The molecule has 4 nitrogen and oxygen atoms in total. The summed E-state index contributed by atoms with van der Waals surface area (Å²) in [6.45, 7) is 1.40. The summed E-state index contributed by atoms with van der Waals surface area (Å²) in [5.41, 5.74) is 2.58. The number of ether oxygens (including phenoxy) is 1. The topological polar surface area (TPSA) is 44.1 Å². The van der Waals surface area contributed by atoms with Crippen LogP contribution in [0, 0.1) is 5.92 Å². The number of aryl methyl sites for hydroxylation is 2. The van der Waals surface area contributed by atoms with Crippen LogP contribution in [0.25, 0.3) is 0 Å². The van der Waals surface area contributed by atoms with E-state index in [4.69, 9.17) is 4.74 Å². The zero-order valence-electron chi connectivity index (χ0n) is 8.61. The number of nitrogens with zero attached hydrogens (tertiary/aromatic N) is 2. The van der Waals surface area contributed by atoms with E-state index in [0.717, 1.165) is 32.2 Å². The van der Waals surface area contributed by atoms with Gasteiger partial charge in [-0.15, -0.1) is 0 Å². The van der Waals surface area contributed by atoms with Gasteiger partial charge >= 0.3 is 5.97 Å². The molecule has 3 rings (SSSR count). The lowest BCUT2D eigenvalue weighted by atomic mass is 9.88. The lowest BCUT2D eigenvalue weighted by Gasteiger charge is -2.20. The van der Waals surface area contributed by atoms with Crippen LogP contribution in [0.1, 0.15) is 24.1 Å². The average molecular weight is 206 g/mol. The summed E-state index contributed by atoms with van der Waals surface area (Å²) in [4.78, 5) is 11.7. The molecule has 0 aromatic carbocycles. The van der Waals surface area contributed by atoms with E-state index in [-0.39, 0.29) is 11.9 Å². The summed E-state index contributed by atoms with van der Waals surface area (Å²) in [6.07, 6.45) is 5.52. The Balaban J connectivity index is 2.00. The first-order chi connectivity index (χ1) is 7.34. The van der Waals surface area contributed by atoms with E-state index in [2.05, 4.69) is 5.10 Å². The highest BCUT2D eigenvalue weighted by Crippen LogP contribution is 2.27. The van der Waals surface area contributed by atoms with Gasteiger partial charge in [0.05, 0.1) is 18.7 Å². The van der Waals surface area contributed by atoms with Crippen molar-refractivity contribution >= 4 is 5.97 Å². The molecule has 80 valence electrons. The summed E-state index contributed by atoms with van der Waals surface area (Å²) in [5, 5.41) is 4.37. The third-order valence-corrected chi connectivity index (χ3v) is 3.33. The van der Waals surface area contributed by atoms with E-state index in [1.54, 1.807) is 0 Å². The van der Waals surface area contributed by atoms with Crippen LogP contribution < -0.4 is 0 Å². The second-order valence-corrected chi connectivity index (χ2v) is 4.30. The van der Waals surface area contributed by atoms with E-state index in [1.165, 1.54) is 11.3 Å². The fraction of sp³-hybridized carbons (Fsp3) is 0.636. The second kappa shape index (κ2) is 3.36. The van der Waals surface area contributed by atoms with Gasteiger partial charge in [0.1, 0.15) is 0 Å². The van der Waals surface area contributed by atoms with E-state index < -0.39 is 0 Å². The van der Waals surface area contributed by atoms with Crippen molar-refractivity contribution in [2.45, 2.75) is 32.2 Å². The highest BCUT2D eigenvalue weighted by Gasteiger charge is 2.29. The van der Waals surface area contributed by atoms with Crippen LogP contribution in [-0.4, -0.2) is 22.4 Å². The van der Waals surface area contributed by atoms with Gasteiger partial charge in [-0.25, -0.2) is 0 Å². The van der Waals surface area contributed by atoms with Crippen molar-refractivity contribution < 1.29 is 9.53 Å². The fourth-order valence-electron chi connectivity index (χ4n) is 2.46. The summed E-state index contributed by atoms with van der Waals surface area (Å²) in [6, 6.07) is 0. The van der Waals surface area contributed by atoms with Crippen molar-refractivity contribution in [3.05, 3.63) is 17.5 Å². The van der Waals surface area contributed by atoms with E-state index in [9.17, 15) is 4.79 Å². The highest BCUT2D eigenvalue weighted by atomic mass is 16.5. The van der Waals surface area contributed by atoms with Gasteiger partial charge in [-0.3, -0.25) is 9.48 Å². The molecule has 15 heavy (non-hydrogen) atoms. The van der Waals surface area contributed by atoms with E-state index >= 15 is 0 Å². The predicted octanol–water partition coefficient (Wildman–Crippen LogP) is 0.935. The summed E-state index contributed by atoms with van der Waals surface area (Å²) in [5.74, 6) is 0.0429. The molecule has 0 fully saturated rings. The molecule has 4 heteroatoms. The Morgan fingerprint density at radius 2 is 2.47 bits per heavy atom. The molecule has 2 bridgehead atoms. The van der Waals surface area contributed by atoms with E-state index in [1.807, 2.05) is 10.9 Å². The van der Waals surface area contributed by atoms with Crippen LogP contribution in [0.4, 0.5) is 0 Å². The molecule has 0 spiro atoms. The van der Waals surface area contributed by atoms with Crippen LogP contribution in [0.3, 0.4) is 0 Å². The van der Waals surface area contributed by atoms with Crippen molar-refractivity contribution in [2.24, 2.45) is 5.92 Å². The number of hydrogen-bond acceptors (Lipinski definition) is 3. The Labute approximate surface area is 88.2 Å². The van der Waals surface area contributed by atoms with Gasteiger partial charge in [-0.1, -0.05) is 0 Å². The predicted molar refractivity (Wildman–Crippen MR) is 53.3 cm³/mol. The molecule has 1 aliphatic heterocycles. The molecule has 0 radical (unpaired) electrons. The van der Waals surface area contributed by atoms with Crippen LogP contribution in [0.2, 0.25) is 0 Å². The number of esters is 1. The summed E-state index contributed by atoms with van der Waals surface area (Å²) < 4.78 is 7.26. The lowest BCUT2D eigenvalue weighted by molar-refractivity contribution is -0.148. The number of carbonyl (C=O) groups is 1. The Bertz CT molecular complexity index is 397. The Hall–Kier alpha value is -1.32. The van der Waals surface area contributed by atoms with Crippen molar-refractivity contribution in [3.63, 3.8) is 0 Å². The first kappa shape index (κ1) is 8.95. The Morgan fingerprint density at radius 3 is 3.40 bits per heavy atom. The van der Waals surface area contributed by atoms with Crippen LogP contribution >= 0.6 is 0 Å². The molecule has 1 aliphatic carbocycles. The van der Waals surface area contributed by atoms with Crippen LogP contribution in [0.5, 0.6) is 0 Å². The molecule has 2 aliphatic rings. The maximum Gasteiger partial charge on any atom is 0.309 e. The minimum Gasteiger partial charge on any atom is -0.465 e. The SMILES string of the molecule is O=C1OCCCn2ncc3c2CC1CC3. The van der Waals surface area contributed by atoms with Crippen molar-refractivity contribution in [3.8, 4) is 0 Å². The number of fused-ring (bicyclic) bond motifs is 1. The zero-order chi connectivity index (χ0) is 10.3. The van der Waals surface area contributed by atoms with E-state index in [0.29, 0.717) is 6.61 Å². The molecule has 1 aromatic rings. The van der Waals surface area contributed by atoms with Gasteiger partial charge in [0.15, 0.2) is 0 Å². The third-order valence-electron chi connectivity index (χ3n) is 3.33. The Morgan fingerprint density at radius 1 is 1.53 bits per heavy atom. The zero-order valence-corrected chi connectivity index (χ0v) is 8.61. The summed E-state index contributed by atoms with van der Waals surface area (Å²) in [7, 11) is 0. The first-order valence-electron chi connectivity index (χ1n) is 5.55. The quantitative estimate of drug-likeness (QED) is 0.593. The molecule has 0 saturated carbocycles. The van der Waals surface area contributed by atoms with Crippen molar-refractivity contribution in [1.29, 1.82) is 0 Å². The van der Waals surface area contributed by atoms with Gasteiger partial charge in [-0.2, -0.15) is 5.10 Å². The van der Waals surface area contributed by atoms with Gasteiger partial charge in [0.2, 0.25) is 0 Å². The van der Waals surface area contributed by atoms with Gasteiger partial charge in [-0.05, 0) is 18.4 Å². The summed E-state index contributed by atoms with van der Waals surface area (Å²) >= 11 is 0. The molecule has 0 amide bonds. The molecule has 0 N–H and O–H groups in total. The van der Waals surface area contributed by atoms with Crippen molar-refractivity contribution in [1.82, 2.24) is 9.78 Å². The maximum absolute atomic E-state index is 11.7. The van der Waals surface area contributed by atoms with Gasteiger partial charge in [0, 0.05) is 25.1 Å². The normalized spacial score (nSPS) is 25.1. The monoisotopic (exact) mass is 206 g/mol.